The Morgan fingerprint density at radius 3 is 0.938 bits per heavy atom. The van der Waals surface area contributed by atoms with Crippen molar-refractivity contribution >= 4 is 39.5 Å². The van der Waals surface area contributed by atoms with Gasteiger partial charge < -0.3 is 33.8 Å². The maximum atomic E-state index is 13.1. The molecule has 5 atom stereocenters. The van der Waals surface area contributed by atoms with E-state index >= 15 is 0 Å². The molecule has 0 saturated heterocycles. The van der Waals surface area contributed by atoms with Crippen molar-refractivity contribution in [2.45, 2.75) is 329 Å². The minimum absolute atomic E-state index is 0.0377. The summed E-state index contributed by atoms with van der Waals surface area (Å²) in [5.41, 5.74) is 0. The van der Waals surface area contributed by atoms with Crippen molar-refractivity contribution in [1.29, 1.82) is 0 Å². The maximum absolute atomic E-state index is 13.1. The molecule has 0 radical (unpaired) electrons. The van der Waals surface area contributed by atoms with Crippen LogP contribution >= 0.6 is 15.6 Å². The van der Waals surface area contributed by atoms with Gasteiger partial charge in [-0.05, 0) is 109 Å². The summed E-state index contributed by atoms with van der Waals surface area (Å²) in [6.45, 7) is 4.61. The standard InChI is InChI=1S/C77H134O17P2/c1-5-9-13-17-21-25-29-32-33-34-35-36-37-40-43-46-50-54-58-62-75(80)88-68-73(94-77(82)64-60-56-52-48-44-39-31-27-23-19-15-11-7-3)70-92-96(85,86)90-66-71(78)65-89-95(83,84)91-69-72(93-76(81)63-59-55-51-47-41-28-24-20-16-12-8-4)67-87-74(79)61-57-53-49-45-42-38-30-26-22-18-14-10-6-2/h9,13,20-21,24-26,30,32-33,35-36,40,43,50,54,71-73,78H,5-8,10-12,14-19,22-23,27-29,31,34,37-39,41-42,44-49,51-53,55-70H2,1-4H3,(H,83,84)(H,85,86)/b13-9-,24-20-,25-21-,30-26-,33-32-,36-35-,43-40-,54-50-. The fourth-order valence-corrected chi connectivity index (χ4v) is 11.4. The van der Waals surface area contributed by atoms with Crippen molar-refractivity contribution in [2.24, 2.45) is 0 Å². The van der Waals surface area contributed by atoms with E-state index in [1.807, 2.05) is 18.2 Å². The van der Waals surface area contributed by atoms with Gasteiger partial charge in [0.15, 0.2) is 12.2 Å². The molecule has 17 nitrogen and oxygen atoms in total. The molecule has 5 unspecified atom stereocenters. The fraction of sp³-hybridized carbons (Fsp3) is 0.740. The molecule has 0 heterocycles. The number of unbranched alkanes of at least 4 members (excludes halogenated alkanes) is 28. The second-order valence-corrected chi connectivity index (χ2v) is 27.8. The summed E-state index contributed by atoms with van der Waals surface area (Å²) in [4.78, 5) is 72.7. The van der Waals surface area contributed by atoms with Crippen LogP contribution in [0.5, 0.6) is 0 Å². The Morgan fingerprint density at radius 2 is 0.573 bits per heavy atom. The minimum Gasteiger partial charge on any atom is -0.462 e. The molecule has 0 aliphatic heterocycles. The number of hydrogen-bond acceptors (Lipinski definition) is 15. The number of esters is 4. The number of aliphatic hydroxyl groups excluding tert-OH is 1. The largest absolute Gasteiger partial charge is 0.472 e. The molecule has 0 bridgehead atoms. The first-order chi connectivity index (χ1) is 46.7. The van der Waals surface area contributed by atoms with E-state index in [2.05, 4.69) is 107 Å². The van der Waals surface area contributed by atoms with E-state index in [0.717, 1.165) is 135 Å². The number of carbonyl (C=O) groups is 4. The third-order valence-corrected chi connectivity index (χ3v) is 17.4. The molecule has 96 heavy (non-hydrogen) atoms. The first kappa shape index (κ1) is 92.0. The van der Waals surface area contributed by atoms with Gasteiger partial charge in [0, 0.05) is 25.7 Å². The Hall–Kier alpha value is -4.02. The lowest BCUT2D eigenvalue weighted by Gasteiger charge is -2.21. The number of ether oxygens (including phenoxy) is 4. The summed E-state index contributed by atoms with van der Waals surface area (Å²) in [5.74, 6) is -2.28. The quantitative estimate of drug-likeness (QED) is 0.0169. The number of carbonyl (C=O) groups excluding carboxylic acids is 4. The van der Waals surface area contributed by atoms with Crippen LogP contribution < -0.4 is 0 Å². The predicted octanol–water partition coefficient (Wildman–Crippen LogP) is 21.2. The van der Waals surface area contributed by atoms with E-state index in [4.69, 9.17) is 37.0 Å². The molecule has 0 aliphatic rings. The monoisotopic (exact) mass is 1390 g/mol. The van der Waals surface area contributed by atoms with E-state index in [1.54, 1.807) is 0 Å². The van der Waals surface area contributed by atoms with Gasteiger partial charge in [-0.25, -0.2) is 9.13 Å². The second kappa shape index (κ2) is 69.5. The zero-order valence-corrected chi connectivity index (χ0v) is 62.1. The average Bonchev–Trinajstić information content (AvgIpc) is 1.17. The van der Waals surface area contributed by atoms with Crippen LogP contribution in [0.3, 0.4) is 0 Å². The van der Waals surface area contributed by atoms with Gasteiger partial charge in [0.2, 0.25) is 0 Å². The average molecular weight is 1390 g/mol. The molecular weight excluding hydrogens is 1260 g/mol. The molecule has 0 aliphatic carbocycles. The first-order valence-corrected chi connectivity index (χ1v) is 40.5. The van der Waals surface area contributed by atoms with Crippen LogP contribution in [0.15, 0.2) is 97.2 Å². The van der Waals surface area contributed by atoms with Gasteiger partial charge in [-0.2, -0.15) is 0 Å². The molecule has 0 spiro atoms. The van der Waals surface area contributed by atoms with E-state index in [-0.39, 0.29) is 25.7 Å². The summed E-state index contributed by atoms with van der Waals surface area (Å²) in [7, 11) is -9.96. The van der Waals surface area contributed by atoms with E-state index in [1.165, 1.54) is 89.9 Å². The molecule has 0 aromatic carbocycles. The SMILES string of the molecule is CC/C=C\C/C=C\C/C=C\C/C=C\C/C=C\C/C=C\CCC(=O)OCC(COP(=O)(O)OCC(O)COP(=O)(O)OCC(COC(=O)CCCCCCC/C=C\CCCCCC)OC(=O)CCCCCCC/C=C\CCCC)OC(=O)CCCCCCCCCCCCCCC. The van der Waals surface area contributed by atoms with Crippen LogP contribution in [0.25, 0.3) is 0 Å². The molecule has 0 aromatic heterocycles. The summed E-state index contributed by atoms with van der Waals surface area (Å²) < 4.78 is 68.3. The minimum atomic E-state index is -4.98. The zero-order valence-electron chi connectivity index (χ0n) is 60.3. The topological polar surface area (TPSA) is 237 Å². The van der Waals surface area contributed by atoms with E-state index in [0.29, 0.717) is 32.1 Å². The zero-order chi connectivity index (χ0) is 70.4. The number of phosphoric acid groups is 2. The van der Waals surface area contributed by atoms with Gasteiger partial charge in [-0.3, -0.25) is 37.3 Å². The van der Waals surface area contributed by atoms with Gasteiger partial charge in [0.25, 0.3) is 0 Å². The number of phosphoric ester groups is 2. The lowest BCUT2D eigenvalue weighted by molar-refractivity contribution is -0.161. The smallest absolute Gasteiger partial charge is 0.462 e. The maximum Gasteiger partial charge on any atom is 0.472 e. The van der Waals surface area contributed by atoms with E-state index < -0.39 is 97.5 Å². The highest BCUT2D eigenvalue weighted by atomic mass is 31.2. The van der Waals surface area contributed by atoms with Crippen molar-refractivity contribution in [3.05, 3.63) is 97.2 Å². The summed E-state index contributed by atoms with van der Waals surface area (Å²) >= 11 is 0. The van der Waals surface area contributed by atoms with Gasteiger partial charge in [-0.15, -0.1) is 0 Å². The fourth-order valence-electron chi connectivity index (χ4n) is 9.81. The number of aliphatic hydroxyl groups is 1. The van der Waals surface area contributed by atoms with E-state index in [9.17, 15) is 43.2 Å². The molecule has 0 saturated carbocycles. The first-order valence-electron chi connectivity index (χ1n) is 37.5. The molecule has 0 fully saturated rings. The van der Waals surface area contributed by atoms with Crippen molar-refractivity contribution in [2.75, 3.05) is 39.6 Å². The van der Waals surface area contributed by atoms with Crippen LogP contribution in [0.4, 0.5) is 0 Å². The van der Waals surface area contributed by atoms with Crippen molar-refractivity contribution < 1.29 is 80.2 Å². The Labute approximate surface area is 582 Å². The number of hydrogen-bond donors (Lipinski definition) is 3. The second-order valence-electron chi connectivity index (χ2n) is 24.9. The number of allylic oxidation sites excluding steroid dienone is 16. The van der Waals surface area contributed by atoms with Crippen molar-refractivity contribution in [3.8, 4) is 0 Å². The Kier molecular flexibility index (Phi) is 66.6. The summed E-state index contributed by atoms with van der Waals surface area (Å²) in [6.07, 6.45) is 71.4. The molecule has 3 N–H and O–H groups in total. The Bertz CT molecular complexity index is 2200. The van der Waals surface area contributed by atoms with Gasteiger partial charge in [0.05, 0.1) is 26.4 Å². The van der Waals surface area contributed by atoms with Gasteiger partial charge >= 0.3 is 39.5 Å². The molecule has 0 rings (SSSR count). The molecular formula is C77H134O17P2. The van der Waals surface area contributed by atoms with Crippen LogP contribution in [0.2, 0.25) is 0 Å². The van der Waals surface area contributed by atoms with Crippen LogP contribution in [-0.4, -0.2) is 96.7 Å². The summed E-state index contributed by atoms with van der Waals surface area (Å²) in [6, 6.07) is 0. The third kappa shape index (κ3) is 68.5. The van der Waals surface area contributed by atoms with Crippen LogP contribution in [0.1, 0.15) is 310 Å². The Balaban J connectivity index is 5.37. The Morgan fingerprint density at radius 1 is 0.302 bits per heavy atom. The predicted molar refractivity (Wildman–Crippen MR) is 390 cm³/mol. The molecule has 0 aromatic rings. The van der Waals surface area contributed by atoms with Crippen LogP contribution in [-0.2, 0) is 65.4 Å². The van der Waals surface area contributed by atoms with Gasteiger partial charge in [-0.1, -0.05) is 273 Å². The lowest BCUT2D eigenvalue weighted by Crippen LogP contribution is -2.30. The third-order valence-electron chi connectivity index (χ3n) is 15.5. The van der Waals surface area contributed by atoms with Crippen molar-refractivity contribution in [3.63, 3.8) is 0 Å². The molecule has 0 amide bonds. The van der Waals surface area contributed by atoms with Crippen LogP contribution in [0, 0.1) is 0 Å². The van der Waals surface area contributed by atoms with Crippen molar-refractivity contribution in [1.82, 2.24) is 0 Å². The highest BCUT2D eigenvalue weighted by Gasteiger charge is 2.30. The lowest BCUT2D eigenvalue weighted by atomic mass is 10.0. The summed E-state index contributed by atoms with van der Waals surface area (Å²) in [5, 5.41) is 10.6. The molecule has 19 heteroatoms. The number of rotatable bonds is 70. The highest BCUT2D eigenvalue weighted by Crippen LogP contribution is 2.45. The van der Waals surface area contributed by atoms with Gasteiger partial charge in [0.1, 0.15) is 19.3 Å². The highest BCUT2D eigenvalue weighted by molar-refractivity contribution is 7.47. The normalized spacial score (nSPS) is 14.5. The molecule has 554 valence electrons.